The van der Waals surface area contributed by atoms with Gasteiger partial charge in [0.25, 0.3) is 0 Å². The van der Waals surface area contributed by atoms with Crippen molar-refractivity contribution < 1.29 is 9.90 Å². The number of nitrogens with zero attached hydrogens (tertiary/aromatic N) is 1. The van der Waals surface area contributed by atoms with Gasteiger partial charge in [-0.05, 0) is 37.5 Å². The van der Waals surface area contributed by atoms with Crippen LogP contribution >= 0.6 is 0 Å². The number of aryl methyl sites for hydroxylation is 2. The fraction of sp³-hybridized carbons (Fsp3) is 0.333. The summed E-state index contributed by atoms with van der Waals surface area (Å²) in [6.07, 6.45) is 2.30. The highest BCUT2D eigenvalue weighted by molar-refractivity contribution is 5.67. The summed E-state index contributed by atoms with van der Waals surface area (Å²) < 4.78 is 0. The third kappa shape index (κ3) is 2.84. The van der Waals surface area contributed by atoms with Gasteiger partial charge in [-0.15, -0.1) is 0 Å². The first-order chi connectivity index (χ1) is 8.99. The van der Waals surface area contributed by atoms with Crippen molar-refractivity contribution >= 4 is 5.97 Å². The Bertz CT molecular complexity index is 615. The fourth-order valence-corrected chi connectivity index (χ4v) is 2.10. The minimum Gasteiger partial charge on any atom is -0.481 e. The predicted molar refractivity (Wildman–Crippen MR) is 74.2 cm³/mol. The van der Waals surface area contributed by atoms with E-state index in [1.807, 2.05) is 0 Å². The van der Waals surface area contributed by atoms with Crippen molar-refractivity contribution in [2.24, 2.45) is 0 Å². The summed E-state index contributed by atoms with van der Waals surface area (Å²) in [7, 11) is 0. The number of imidazole rings is 1. The van der Waals surface area contributed by atoms with Crippen LogP contribution in [0, 0.1) is 20.8 Å². The number of hydrogen-bond donors (Lipinski definition) is 2. The molecular weight excluding hydrogens is 240 g/mol. The van der Waals surface area contributed by atoms with Gasteiger partial charge in [-0.3, -0.25) is 4.79 Å². The SMILES string of the molecule is Cc1ccc(-c2cnc(CCC(=O)O)[nH]2)c(C)c1C. The molecule has 100 valence electrons. The molecule has 0 unspecified atom stereocenters. The van der Waals surface area contributed by atoms with Crippen LogP contribution in [-0.2, 0) is 11.2 Å². The molecule has 0 atom stereocenters. The van der Waals surface area contributed by atoms with E-state index in [4.69, 9.17) is 5.11 Å². The Morgan fingerprint density at radius 1 is 1.26 bits per heavy atom. The number of carbonyl (C=O) groups is 1. The van der Waals surface area contributed by atoms with E-state index in [2.05, 4.69) is 42.9 Å². The minimum absolute atomic E-state index is 0.0961. The Kier molecular flexibility index (Phi) is 3.69. The number of hydrogen-bond acceptors (Lipinski definition) is 2. The number of carboxylic acids is 1. The van der Waals surface area contributed by atoms with E-state index in [1.165, 1.54) is 16.7 Å². The van der Waals surface area contributed by atoms with Crippen molar-refractivity contribution in [3.05, 3.63) is 40.8 Å². The first-order valence-corrected chi connectivity index (χ1v) is 6.32. The lowest BCUT2D eigenvalue weighted by Gasteiger charge is -2.09. The molecule has 0 fully saturated rings. The topological polar surface area (TPSA) is 66.0 Å². The summed E-state index contributed by atoms with van der Waals surface area (Å²) in [6, 6.07) is 4.17. The molecule has 0 bridgehead atoms. The molecular formula is C15H18N2O2. The van der Waals surface area contributed by atoms with Gasteiger partial charge in [0, 0.05) is 12.0 Å². The van der Waals surface area contributed by atoms with Crippen molar-refractivity contribution in [3.8, 4) is 11.3 Å². The van der Waals surface area contributed by atoms with Crippen LogP contribution in [-0.4, -0.2) is 21.0 Å². The van der Waals surface area contributed by atoms with Crippen LogP contribution < -0.4 is 0 Å². The van der Waals surface area contributed by atoms with E-state index in [0.717, 1.165) is 17.1 Å². The van der Waals surface area contributed by atoms with Gasteiger partial charge in [0.2, 0.25) is 0 Å². The monoisotopic (exact) mass is 258 g/mol. The maximum atomic E-state index is 10.5. The lowest BCUT2D eigenvalue weighted by molar-refractivity contribution is -0.137. The smallest absolute Gasteiger partial charge is 0.303 e. The van der Waals surface area contributed by atoms with Crippen molar-refractivity contribution in [3.63, 3.8) is 0 Å². The first kappa shape index (κ1) is 13.3. The lowest BCUT2D eigenvalue weighted by Crippen LogP contribution is -1.98. The third-order valence-corrected chi connectivity index (χ3v) is 3.55. The zero-order valence-corrected chi connectivity index (χ0v) is 11.4. The first-order valence-electron chi connectivity index (χ1n) is 6.32. The largest absolute Gasteiger partial charge is 0.481 e. The summed E-state index contributed by atoms with van der Waals surface area (Å²) in [6.45, 7) is 6.29. The second kappa shape index (κ2) is 5.26. The van der Waals surface area contributed by atoms with E-state index < -0.39 is 5.97 Å². The van der Waals surface area contributed by atoms with Crippen LogP contribution in [0.1, 0.15) is 28.9 Å². The lowest BCUT2D eigenvalue weighted by atomic mass is 9.97. The highest BCUT2D eigenvalue weighted by Crippen LogP contribution is 2.26. The number of nitrogens with one attached hydrogen (secondary N) is 1. The second-order valence-electron chi connectivity index (χ2n) is 4.82. The van der Waals surface area contributed by atoms with E-state index in [9.17, 15) is 4.79 Å². The minimum atomic E-state index is -0.805. The van der Waals surface area contributed by atoms with E-state index >= 15 is 0 Å². The van der Waals surface area contributed by atoms with Gasteiger partial charge in [-0.2, -0.15) is 0 Å². The van der Waals surface area contributed by atoms with Gasteiger partial charge in [-0.25, -0.2) is 4.98 Å². The molecule has 0 aliphatic heterocycles. The van der Waals surface area contributed by atoms with Crippen LogP contribution in [0.3, 0.4) is 0 Å². The quantitative estimate of drug-likeness (QED) is 0.885. The molecule has 0 aliphatic carbocycles. The summed E-state index contributed by atoms with van der Waals surface area (Å²) in [4.78, 5) is 18.0. The van der Waals surface area contributed by atoms with Gasteiger partial charge in [-0.1, -0.05) is 12.1 Å². The highest BCUT2D eigenvalue weighted by atomic mass is 16.4. The fourth-order valence-electron chi connectivity index (χ4n) is 2.10. The second-order valence-corrected chi connectivity index (χ2v) is 4.82. The Morgan fingerprint density at radius 3 is 2.68 bits per heavy atom. The van der Waals surface area contributed by atoms with Crippen LogP contribution in [0.2, 0.25) is 0 Å². The maximum absolute atomic E-state index is 10.5. The zero-order valence-electron chi connectivity index (χ0n) is 11.4. The molecule has 0 amide bonds. The van der Waals surface area contributed by atoms with E-state index in [1.54, 1.807) is 6.20 Å². The van der Waals surface area contributed by atoms with Crippen molar-refractivity contribution in [2.75, 3.05) is 0 Å². The summed E-state index contributed by atoms with van der Waals surface area (Å²) in [5.41, 5.74) is 5.85. The summed E-state index contributed by atoms with van der Waals surface area (Å²) in [5, 5.41) is 8.67. The van der Waals surface area contributed by atoms with Gasteiger partial charge in [0.05, 0.1) is 18.3 Å². The molecule has 2 rings (SSSR count). The van der Waals surface area contributed by atoms with Crippen LogP contribution in [0.4, 0.5) is 0 Å². The van der Waals surface area contributed by atoms with Gasteiger partial charge < -0.3 is 10.1 Å². The normalized spacial score (nSPS) is 10.7. The molecule has 19 heavy (non-hydrogen) atoms. The van der Waals surface area contributed by atoms with Crippen molar-refractivity contribution in [1.82, 2.24) is 9.97 Å². The summed E-state index contributed by atoms with van der Waals surface area (Å²) in [5.74, 6) is -0.0876. The Labute approximate surface area is 112 Å². The molecule has 0 saturated carbocycles. The van der Waals surface area contributed by atoms with Gasteiger partial charge in [0.15, 0.2) is 0 Å². The summed E-state index contributed by atoms with van der Waals surface area (Å²) >= 11 is 0. The van der Waals surface area contributed by atoms with Crippen LogP contribution in [0.25, 0.3) is 11.3 Å². The Balaban J connectivity index is 2.28. The zero-order chi connectivity index (χ0) is 14.0. The Hall–Kier alpha value is -2.10. The maximum Gasteiger partial charge on any atom is 0.303 e. The van der Waals surface area contributed by atoms with Crippen LogP contribution in [0.5, 0.6) is 0 Å². The van der Waals surface area contributed by atoms with Gasteiger partial charge in [0.1, 0.15) is 5.82 Å². The van der Waals surface area contributed by atoms with E-state index in [0.29, 0.717) is 6.42 Å². The molecule has 0 saturated heterocycles. The molecule has 0 radical (unpaired) electrons. The molecule has 2 aromatic rings. The van der Waals surface area contributed by atoms with Crippen molar-refractivity contribution in [2.45, 2.75) is 33.6 Å². The van der Waals surface area contributed by atoms with Gasteiger partial charge >= 0.3 is 5.97 Å². The number of aromatic amines is 1. The number of H-pyrrole nitrogens is 1. The van der Waals surface area contributed by atoms with Crippen LogP contribution in [0.15, 0.2) is 18.3 Å². The average Bonchev–Trinajstić information content (AvgIpc) is 2.82. The molecule has 1 aromatic carbocycles. The molecule has 1 aromatic heterocycles. The highest BCUT2D eigenvalue weighted by Gasteiger charge is 2.09. The number of aromatic nitrogens is 2. The predicted octanol–water partition coefficient (Wildman–Crippen LogP) is 3.02. The molecule has 0 aliphatic rings. The Morgan fingerprint density at radius 2 is 2.00 bits per heavy atom. The number of rotatable bonds is 4. The van der Waals surface area contributed by atoms with Crippen molar-refractivity contribution in [1.29, 1.82) is 0 Å². The molecule has 1 heterocycles. The number of carboxylic acid groups (broad SMARTS) is 1. The van der Waals surface area contributed by atoms with E-state index in [-0.39, 0.29) is 6.42 Å². The number of benzene rings is 1. The average molecular weight is 258 g/mol. The third-order valence-electron chi connectivity index (χ3n) is 3.55. The molecule has 2 N–H and O–H groups in total. The number of aliphatic carboxylic acids is 1. The molecule has 4 nitrogen and oxygen atoms in total. The molecule has 4 heteroatoms. The molecule has 0 spiro atoms. The standard InChI is InChI=1S/C15H18N2O2/c1-9-4-5-12(11(3)10(9)2)13-8-16-14(17-13)6-7-15(18)19/h4-5,8H,6-7H2,1-3H3,(H,16,17)(H,18,19).